The van der Waals surface area contributed by atoms with Gasteiger partial charge in [0.05, 0.1) is 0 Å². The van der Waals surface area contributed by atoms with Crippen LogP contribution in [0, 0.1) is 0 Å². The van der Waals surface area contributed by atoms with Crippen molar-refractivity contribution in [1.82, 2.24) is 15.3 Å². The molecule has 1 aliphatic rings. The summed E-state index contributed by atoms with van der Waals surface area (Å²) in [5.41, 5.74) is 1.37. The van der Waals surface area contributed by atoms with Crippen LogP contribution in [0.3, 0.4) is 0 Å². The number of anilines is 1. The van der Waals surface area contributed by atoms with Crippen LogP contribution in [0.15, 0.2) is 42.6 Å². The smallest absolute Gasteiger partial charge is 0.154 e. The second-order valence-electron chi connectivity index (χ2n) is 8.19. The molecule has 132 valence electrons. The number of aromatic nitrogens is 2. The van der Waals surface area contributed by atoms with Crippen molar-refractivity contribution in [3.05, 3.63) is 54.0 Å². The van der Waals surface area contributed by atoms with Crippen LogP contribution in [-0.2, 0) is 0 Å². The minimum absolute atomic E-state index is 0.114. The van der Waals surface area contributed by atoms with Gasteiger partial charge in [0.15, 0.2) is 5.82 Å². The van der Waals surface area contributed by atoms with Crippen LogP contribution in [0.5, 0.6) is 0 Å². The Morgan fingerprint density at radius 1 is 1.00 bits per heavy atom. The van der Waals surface area contributed by atoms with Crippen LogP contribution in [0.4, 0.5) is 5.82 Å². The van der Waals surface area contributed by atoms with Gasteiger partial charge in [0.25, 0.3) is 0 Å². The molecule has 0 amide bonds. The zero-order chi connectivity index (χ0) is 17.9. The molecule has 2 aromatic rings. The second-order valence-corrected chi connectivity index (χ2v) is 8.19. The molecular formula is C21H28N4. The van der Waals surface area contributed by atoms with E-state index in [4.69, 9.17) is 0 Å². The van der Waals surface area contributed by atoms with E-state index < -0.39 is 0 Å². The van der Waals surface area contributed by atoms with Gasteiger partial charge in [-0.15, -0.1) is 0 Å². The molecule has 1 aliphatic heterocycles. The second kappa shape index (κ2) is 6.96. The number of nitrogens with zero attached hydrogens (tertiary/aromatic N) is 2. The average Bonchev–Trinajstić information content (AvgIpc) is 2.51. The molecule has 0 spiro atoms. The summed E-state index contributed by atoms with van der Waals surface area (Å²) in [5, 5.41) is 7.32. The van der Waals surface area contributed by atoms with E-state index in [1.807, 2.05) is 42.6 Å². The molecule has 2 N–H and O–H groups in total. The Labute approximate surface area is 150 Å². The predicted octanol–water partition coefficient (Wildman–Crippen LogP) is 4.37. The van der Waals surface area contributed by atoms with E-state index in [0.29, 0.717) is 6.04 Å². The number of benzene rings is 1. The van der Waals surface area contributed by atoms with Crippen LogP contribution in [0.1, 0.15) is 51.9 Å². The Hall–Kier alpha value is -2.20. The first-order valence-electron chi connectivity index (χ1n) is 8.93. The van der Waals surface area contributed by atoms with E-state index >= 15 is 0 Å². The lowest BCUT2D eigenvalue weighted by molar-refractivity contribution is 0.170. The molecule has 0 unspecified atom stereocenters. The van der Waals surface area contributed by atoms with Crippen molar-refractivity contribution in [2.24, 2.45) is 0 Å². The first-order valence-corrected chi connectivity index (χ1v) is 8.93. The molecule has 1 fully saturated rings. The Bertz CT molecular complexity index is 719. The minimum atomic E-state index is 0.114. The van der Waals surface area contributed by atoms with E-state index in [1.54, 1.807) is 0 Å². The van der Waals surface area contributed by atoms with Crippen molar-refractivity contribution in [3.63, 3.8) is 0 Å². The fourth-order valence-electron chi connectivity index (χ4n) is 3.90. The van der Waals surface area contributed by atoms with Crippen molar-refractivity contribution in [2.45, 2.75) is 57.7 Å². The molecular weight excluding hydrogens is 308 g/mol. The highest BCUT2D eigenvalue weighted by Gasteiger charge is 2.37. The summed E-state index contributed by atoms with van der Waals surface area (Å²) in [5.74, 6) is 1.61. The van der Waals surface area contributed by atoms with Gasteiger partial charge in [-0.05, 0) is 58.2 Å². The van der Waals surface area contributed by atoms with Crippen molar-refractivity contribution < 1.29 is 0 Å². The van der Waals surface area contributed by atoms with E-state index in [-0.39, 0.29) is 11.1 Å². The SMILES string of the molecule is CC1(C)CC(Nc2ccnc(/C=C/c3ccccc3)n2)CC(C)(C)N1. The van der Waals surface area contributed by atoms with Gasteiger partial charge in [-0.25, -0.2) is 9.97 Å². The van der Waals surface area contributed by atoms with Crippen LogP contribution in [0.25, 0.3) is 12.2 Å². The van der Waals surface area contributed by atoms with Crippen molar-refractivity contribution in [3.8, 4) is 0 Å². The largest absolute Gasteiger partial charge is 0.367 e. The zero-order valence-corrected chi connectivity index (χ0v) is 15.6. The highest BCUT2D eigenvalue weighted by atomic mass is 15.1. The third kappa shape index (κ3) is 5.13. The topological polar surface area (TPSA) is 49.8 Å². The van der Waals surface area contributed by atoms with Crippen molar-refractivity contribution in [2.75, 3.05) is 5.32 Å². The molecule has 0 atom stereocenters. The van der Waals surface area contributed by atoms with Gasteiger partial charge in [-0.1, -0.05) is 36.4 Å². The van der Waals surface area contributed by atoms with Crippen LogP contribution >= 0.6 is 0 Å². The monoisotopic (exact) mass is 336 g/mol. The molecule has 2 heterocycles. The minimum Gasteiger partial charge on any atom is -0.367 e. The van der Waals surface area contributed by atoms with E-state index in [9.17, 15) is 0 Å². The van der Waals surface area contributed by atoms with Gasteiger partial charge in [0.1, 0.15) is 5.82 Å². The number of hydrogen-bond donors (Lipinski definition) is 2. The van der Waals surface area contributed by atoms with Crippen LogP contribution < -0.4 is 10.6 Å². The van der Waals surface area contributed by atoms with Gasteiger partial charge in [0.2, 0.25) is 0 Å². The van der Waals surface area contributed by atoms with Crippen LogP contribution in [-0.4, -0.2) is 27.1 Å². The first-order chi connectivity index (χ1) is 11.8. The molecule has 25 heavy (non-hydrogen) atoms. The number of piperidine rings is 1. The Morgan fingerprint density at radius 2 is 1.68 bits per heavy atom. The molecule has 0 aliphatic carbocycles. The molecule has 1 aromatic carbocycles. The van der Waals surface area contributed by atoms with Crippen molar-refractivity contribution >= 4 is 18.0 Å². The third-order valence-electron chi connectivity index (χ3n) is 4.44. The third-order valence-corrected chi connectivity index (χ3v) is 4.44. The molecule has 0 saturated carbocycles. The summed E-state index contributed by atoms with van der Waals surface area (Å²) in [6.45, 7) is 9.04. The van der Waals surface area contributed by atoms with E-state index in [0.717, 1.165) is 30.0 Å². The fraction of sp³-hybridized carbons (Fsp3) is 0.429. The molecule has 1 saturated heterocycles. The zero-order valence-electron chi connectivity index (χ0n) is 15.6. The standard InChI is InChI=1S/C21H28N4/c1-20(2)14-17(15-21(3,4)25-20)23-19-12-13-22-18(24-19)11-10-16-8-6-5-7-9-16/h5-13,17,25H,14-15H2,1-4H3,(H,22,23,24)/b11-10+. The Morgan fingerprint density at radius 3 is 2.36 bits per heavy atom. The van der Waals surface area contributed by atoms with Crippen LogP contribution in [0.2, 0.25) is 0 Å². The van der Waals surface area contributed by atoms with Gasteiger partial charge in [-0.2, -0.15) is 0 Å². The summed E-state index contributed by atoms with van der Waals surface area (Å²) < 4.78 is 0. The molecule has 4 nitrogen and oxygen atoms in total. The summed E-state index contributed by atoms with van der Waals surface area (Å²) in [6.07, 6.45) is 7.94. The molecule has 1 aromatic heterocycles. The maximum Gasteiger partial charge on any atom is 0.154 e. The molecule has 0 bridgehead atoms. The quantitative estimate of drug-likeness (QED) is 0.870. The summed E-state index contributed by atoms with van der Waals surface area (Å²) in [7, 11) is 0. The lowest BCUT2D eigenvalue weighted by atomic mass is 9.79. The maximum absolute atomic E-state index is 4.65. The highest BCUT2D eigenvalue weighted by molar-refractivity contribution is 5.66. The van der Waals surface area contributed by atoms with Crippen molar-refractivity contribution in [1.29, 1.82) is 0 Å². The van der Waals surface area contributed by atoms with Gasteiger partial charge < -0.3 is 10.6 Å². The first kappa shape index (κ1) is 17.6. The summed E-state index contributed by atoms with van der Waals surface area (Å²) in [4.78, 5) is 9.00. The lowest BCUT2D eigenvalue weighted by Gasteiger charge is -2.46. The van der Waals surface area contributed by atoms with E-state index in [1.165, 1.54) is 0 Å². The fourth-order valence-corrected chi connectivity index (χ4v) is 3.90. The molecule has 3 rings (SSSR count). The maximum atomic E-state index is 4.65. The number of nitrogens with one attached hydrogen (secondary N) is 2. The number of hydrogen-bond acceptors (Lipinski definition) is 4. The Balaban J connectivity index is 1.70. The average molecular weight is 336 g/mol. The van der Waals surface area contributed by atoms with E-state index in [2.05, 4.69) is 60.4 Å². The van der Waals surface area contributed by atoms with Gasteiger partial charge in [0, 0.05) is 23.3 Å². The summed E-state index contributed by atoms with van der Waals surface area (Å²) in [6, 6.07) is 12.5. The predicted molar refractivity (Wildman–Crippen MR) is 105 cm³/mol. The Kier molecular flexibility index (Phi) is 4.91. The highest BCUT2D eigenvalue weighted by Crippen LogP contribution is 2.30. The lowest BCUT2D eigenvalue weighted by Crippen LogP contribution is -2.60. The summed E-state index contributed by atoms with van der Waals surface area (Å²) >= 11 is 0. The molecule has 4 heteroatoms. The molecule has 0 radical (unpaired) electrons. The normalized spacial score (nSPS) is 19.8. The van der Waals surface area contributed by atoms with Gasteiger partial charge in [-0.3, -0.25) is 0 Å². The number of rotatable bonds is 4. The van der Waals surface area contributed by atoms with Gasteiger partial charge >= 0.3 is 0 Å².